The van der Waals surface area contributed by atoms with Crippen LogP contribution in [0.1, 0.15) is 155 Å². The molecule has 4 N–H and O–H groups in total. The fraction of sp³-hybridized carbons (Fsp3) is 0.676. The highest BCUT2D eigenvalue weighted by Gasteiger charge is 2.28. The van der Waals surface area contributed by atoms with Gasteiger partial charge in [-0.05, 0) is 160 Å². The maximum absolute atomic E-state index is 12.2. The fourth-order valence-corrected chi connectivity index (χ4v) is 9.08. The van der Waals surface area contributed by atoms with E-state index in [4.69, 9.17) is 62.3 Å². The van der Waals surface area contributed by atoms with Crippen LogP contribution < -0.4 is 4.90 Å². The van der Waals surface area contributed by atoms with Gasteiger partial charge in [-0.2, -0.15) is 0 Å². The number of nitrogens with one attached hydrogen (secondary N) is 1. The molecule has 0 saturated heterocycles. The van der Waals surface area contributed by atoms with Crippen LogP contribution in [0.5, 0.6) is 0 Å². The van der Waals surface area contributed by atoms with Gasteiger partial charge in [-0.25, -0.2) is 14.4 Å². The lowest BCUT2D eigenvalue weighted by Crippen LogP contribution is -3.08. The molecule has 21 nitrogen and oxygen atoms in total. The van der Waals surface area contributed by atoms with E-state index in [0.717, 1.165) is 97.1 Å². The van der Waals surface area contributed by atoms with Gasteiger partial charge in [0.25, 0.3) is 0 Å². The van der Waals surface area contributed by atoms with E-state index in [0.29, 0.717) is 55.1 Å². The third kappa shape index (κ3) is 42.8. The van der Waals surface area contributed by atoms with Gasteiger partial charge in [0, 0.05) is 63.5 Å². The molecule has 0 aliphatic carbocycles. The molecular formula is C68H118N3O18+. The Labute approximate surface area is 534 Å². The Morgan fingerprint density at radius 3 is 1.10 bits per heavy atom. The summed E-state index contributed by atoms with van der Waals surface area (Å²) >= 11 is 0. The van der Waals surface area contributed by atoms with Crippen LogP contribution in [0.3, 0.4) is 0 Å². The molecule has 6 atom stereocenters. The van der Waals surface area contributed by atoms with Crippen LogP contribution >= 0.6 is 0 Å². The van der Waals surface area contributed by atoms with Crippen LogP contribution in [-0.2, 0) is 56.9 Å². The zero-order valence-corrected chi connectivity index (χ0v) is 56.8. The van der Waals surface area contributed by atoms with Crippen molar-refractivity contribution in [3.63, 3.8) is 0 Å². The largest absolute Gasteiger partial charge is 0.453 e. The summed E-state index contributed by atoms with van der Waals surface area (Å²) in [4.78, 5) is 52.3. The lowest BCUT2D eigenvalue weighted by molar-refractivity contribution is -0.879. The fourth-order valence-electron chi connectivity index (χ4n) is 9.08. The summed E-state index contributed by atoms with van der Waals surface area (Å²) in [6, 6.07) is 26.7. The van der Waals surface area contributed by atoms with E-state index in [1.807, 2.05) is 42.5 Å². The predicted molar refractivity (Wildman–Crippen MR) is 347 cm³/mol. The lowest BCUT2D eigenvalue weighted by atomic mass is 10.1. The number of aldehydes is 1. The van der Waals surface area contributed by atoms with Gasteiger partial charge < -0.3 is 86.9 Å². The monoisotopic (exact) mass is 1260 g/mol. The van der Waals surface area contributed by atoms with Gasteiger partial charge >= 0.3 is 17.9 Å². The number of quaternary nitrogens is 1. The highest BCUT2D eigenvalue weighted by atomic mass is 16.7. The van der Waals surface area contributed by atoms with Crippen molar-refractivity contribution in [1.29, 1.82) is 0 Å². The number of ether oxygens (including phenoxy) is 11. The quantitative estimate of drug-likeness (QED) is 0.0137. The van der Waals surface area contributed by atoms with Gasteiger partial charge in [-0.15, -0.1) is 0 Å². The molecule has 0 amide bonds. The zero-order chi connectivity index (χ0) is 67.0. The molecule has 0 radical (unpaired) electrons. The average molecular weight is 1270 g/mol. The number of carbonyl (C=O) groups is 4. The third-order valence-corrected chi connectivity index (χ3v) is 13.8. The first kappa shape index (κ1) is 86.2. The van der Waals surface area contributed by atoms with Crippen LogP contribution in [0.2, 0.25) is 0 Å². The highest BCUT2D eigenvalue weighted by Crippen LogP contribution is 2.18. The molecule has 0 bridgehead atoms. The maximum atomic E-state index is 12.2. The lowest BCUT2D eigenvalue weighted by Gasteiger charge is -2.25. The minimum Gasteiger partial charge on any atom is -0.453 e. The molecule has 0 fully saturated rings. The predicted octanol–water partition coefficient (Wildman–Crippen LogP) is 8.31. The van der Waals surface area contributed by atoms with Crippen LogP contribution in [0.4, 0.5) is 0 Å². The number of methoxy groups -OCH3 is 8. The van der Waals surface area contributed by atoms with E-state index >= 15 is 0 Å². The molecule has 21 heteroatoms. The Balaban J connectivity index is 0. The van der Waals surface area contributed by atoms with Crippen molar-refractivity contribution in [3.8, 4) is 0 Å². The van der Waals surface area contributed by atoms with E-state index in [-0.39, 0.29) is 24.6 Å². The number of esters is 3. The third-order valence-electron chi connectivity index (χ3n) is 13.8. The van der Waals surface area contributed by atoms with E-state index in [1.54, 1.807) is 91.2 Å². The van der Waals surface area contributed by atoms with Crippen LogP contribution in [-0.4, -0.2) is 229 Å². The summed E-state index contributed by atoms with van der Waals surface area (Å²) in [5.74, 6) is -1.12. The average Bonchev–Trinajstić information content (AvgIpc) is 3.65. The van der Waals surface area contributed by atoms with Gasteiger partial charge in [0.05, 0.1) is 36.8 Å². The molecule has 3 rings (SSSR count). The number of hydrogen-bond donors (Lipinski definition) is 4. The molecule has 3 aromatic carbocycles. The molecule has 0 aliphatic heterocycles. The number of carbonyl (C=O) groups excluding carboxylic acids is 4. The van der Waals surface area contributed by atoms with Gasteiger partial charge in [-0.3, -0.25) is 0 Å². The van der Waals surface area contributed by atoms with Crippen LogP contribution in [0.25, 0.3) is 0 Å². The van der Waals surface area contributed by atoms with Crippen molar-refractivity contribution >= 4 is 24.2 Å². The smallest absolute Gasteiger partial charge is 0.338 e. The Kier molecular flexibility index (Phi) is 56.5. The van der Waals surface area contributed by atoms with Gasteiger partial charge in [0.2, 0.25) is 0 Å². The summed E-state index contributed by atoms with van der Waals surface area (Å²) in [5, 5.41) is 27.5. The number of hydrogen-bond acceptors (Lipinski definition) is 20. The van der Waals surface area contributed by atoms with Crippen molar-refractivity contribution in [2.45, 2.75) is 180 Å². The zero-order valence-electron chi connectivity index (χ0n) is 56.8. The van der Waals surface area contributed by atoms with Crippen molar-refractivity contribution in [1.82, 2.24) is 9.80 Å². The molecular weight excluding hydrogens is 1150 g/mol. The number of nitrogens with zero attached hydrogens (tertiary/aromatic N) is 2. The Morgan fingerprint density at radius 1 is 0.438 bits per heavy atom. The van der Waals surface area contributed by atoms with E-state index < -0.39 is 55.5 Å². The van der Waals surface area contributed by atoms with Crippen molar-refractivity contribution in [2.24, 2.45) is 0 Å². The first-order valence-electron chi connectivity index (χ1n) is 31.5. The van der Waals surface area contributed by atoms with Crippen molar-refractivity contribution in [2.75, 3.05) is 124 Å². The maximum Gasteiger partial charge on any atom is 0.338 e. The summed E-state index contributed by atoms with van der Waals surface area (Å²) in [7, 11) is 18.6. The SMILES string of the molecule is CCCCCC(OC(=O)c1ccccc1)C(OC)OC.CCCN(C)CCCC(O)C(OC)OC.CCCN(C)CCCC(OC(=O)c1ccccc1)C(OC)OC.CCC[NH+](C)CCCC(O)C=O.COC(OC)C(CCCO)OC(=O)c1ccccc1. The van der Waals surface area contributed by atoms with E-state index in [1.165, 1.54) is 25.5 Å². The summed E-state index contributed by atoms with van der Waals surface area (Å²) in [6.07, 6.45) is 8.92. The second kappa shape index (κ2) is 58.3. The Morgan fingerprint density at radius 2 is 0.787 bits per heavy atom. The summed E-state index contributed by atoms with van der Waals surface area (Å²) in [5.41, 5.74) is 1.55. The van der Waals surface area contributed by atoms with Gasteiger partial charge in [0.15, 0.2) is 43.5 Å². The Bertz CT molecular complexity index is 2070. The number of aliphatic hydroxyl groups is 3. The highest BCUT2D eigenvalue weighted by molar-refractivity contribution is 5.90. The number of unbranched alkanes of at least 4 members (excludes halogenated alkanes) is 2. The Hall–Kier alpha value is -4.82. The van der Waals surface area contributed by atoms with E-state index in [9.17, 15) is 24.3 Å². The van der Waals surface area contributed by atoms with Gasteiger partial charge in [-0.1, -0.05) is 95.1 Å². The van der Waals surface area contributed by atoms with Crippen LogP contribution in [0.15, 0.2) is 91.0 Å². The van der Waals surface area contributed by atoms with E-state index in [2.05, 4.69) is 58.6 Å². The second-order valence-corrected chi connectivity index (χ2v) is 21.4. The first-order chi connectivity index (χ1) is 42.9. The van der Waals surface area contributed by atoms with Crippen molar-refractivity contribution < 1.29 is 91.5 Å². The summed E-state index contributed by atoms with van der Waals surface area (Å²) < 4.78 is 57.8. The van der Waals surface area contributed by atoms with Crippen LogP contribution in [0, 0.1) is 0 Å². The number of rotatable bonds is 44. The van der Waals surface area contributed by atoms with Crippen molar-refractivity contribution in [3.05, 3.63) is 108 Å². The minimum atomic E-state index is -0.751. The first-order valence-corrected chi connectivity index (χ1v) is 31.5. The molecule has 0 aromatic heterocycles. The minimum absolute atomic E-state index is 0.0273. The molecule has 3 aromatic rings. The molecule has 0 aliphatic rings. The molecule has 6 unspecified atom stereocenters. The second-order valence-electron chi connectivity index (χ2n) is 21.4. The molecule has 0 saturated carbocycles. The summed E-state index contributed by atoms with van der Waals surface area (Å²) in [6.45, 7) is 15.0. The number of benzene rings is 3. The molecule has 0 heterocycles. The normalized spacial score (nSPS) is 13.1. The topological polar surface area (TPSA) is 241 Å². The molecule has 0 spiro atoms. The molecule has 512 valence electrons. The standard InChI is InChI=1S/C18H29NO4.C16H24O4.C14H20O5.C11H25NO3.C9H19NO2/c1-5-13-19(2)14-9-12-16(18(21-3)22-4)23-17(20)15-10-7-6-8-11-15;1-4-5-7-12-14(16(18-2)19-3)20-15(17)13-10-8-6-9-11-13;1-17-14(18-2)12(9-6-10-15)19-13(16)11-7-4-3-5-8-11;1-5-8-12(2)9-6-7-10(13)11(14-3)15-4;1-3-6-10(2)7-4-5-9(12)8-11/h6-8,10-11,16,18H,5,9,12-14H2,1-4H3;6,8-11,14,16H,4-5,7,12H2,1-3H3;3-5,7-8,12,14-15H,6,9-10H2,1-2H3;10-11,13H,5-9H2,1-4H3;8-9,12H,3-7H2,1-2H3/p+1. The number of aliphatic hydroxyl groups excluding tert-OH is 3. The van der Waals surface area contributed by atoms with Gasteiger partial charge in [0.1, 0.15) is 18.5 Å². The molecule has 89 heavy (non-hydrogen) atoms.